The van der Waals surface area contributed by atoms with Crippen LogP contribution in [0.3, 0.4) is 0 Å². The van der Waals surface area contributed by atoms with E-state index in [0.717, 1.165) is 4.88 Å². The lowest BCUT2D eigenvalue weighted by Crippen LogP contribution is -2.11. The van der Waals surface area contributed by atoms with E-state index >= 15 is 0 Å². The van der Waals surface area contributed by atoms with Gasteiger partial charge in [-0.15, -0.1) is 11.3 Å². The van der Waals surface area contributed by atoms with Gasteiger partial charge in [-0.25, -0.2) is 18.4 Å². The summed E-state index contributed by atoms with van der Waals surface area (Å²) in [7, 11) is -3.62. The van der Waals surface area contributed by atoms with Gasteiger partial charge in [0.1, 0.15) is 9.96 Å². The molecule has 2 aromatic heterocycles. The highest BCUT2D eigenvalue weighted by Gasteiger charge is 2.16. The van der Waals surface area contributed by atoms with Crippen LogP contribution in [0.1, 0.15) is 4.88 Å². The van der Waals surface area contributed by atoms with Crippen molar-refractivity contribution in [3.05, 3.63) is 59.7 Å². The van der Waals surface area contributed by atoms with Gasteiger partial charge < -0.3 is 4.74 Å². The highest BCUT2D eigenvalue weighted by atomic mass is 32.2. The third kappa shape index (κ3) is 3.85. The largest absolute Gasteiger partial charge is 0.424 e. The number of hydrogen-bond acceptors (Lipinski definition) is 6. The Morgan fingerprint density at radius 2 is 1.74 bits per heavy atom. The number of hydrogen-bond donors (Lipinski definition) is 1. The number of thiophene rings is 1. The Hall–Kier alpha value is -2.45. The van der Waals surface area contributed by atoms with Gasteiger partial charge in [-0.2, -0.15) is 0 Å². The maximum Gasteiger partial charge on any atom is 0.322 e. The Bertz CT molecular complexity index is 891. The average Bonchev–Trinajstić information content (AvgIpc) is 2.98. The molecule has 0 radical (unpaired) electrons. The van der Waals surface area contributed by atoms with Crippen molar-refractivity contribution in [2.75, 3.05) is 4.72 Å². The lowest BCUT2D eigenvalue weighted by Gasteiger charge is -2.07. The summed E-state index contributed by atoms with van der Waals surface area (Å²) in [4.78, 5) is 8.92. The maximum absolute atomic E-state index is 12.2. The zero-order chi connectivity index (χ0) is 16.3. The van der Waals surface area contributed by atoms with E-state index in [2.05, 4.69) is 14.7 Å². The molecule has 1 N–H and O–H groups in total. The van der Waals surface area contributed by atoms with Crippen LogP contribution in [0.2, 0.25) is 0 Å². The monoisotopic (exact) mass is 347 g/mol. The second-order valence-corrected chi connectivity index (χ2v) is 7.84. The van der Waals surface area contributed by atoms with E-state index in [1.807, 2.05) is 25.1 Å². The van der Waals surface area contributed by atoms with Crippen molar-refractivity contribution in [3.8, 4) is 11.8 Å². The molecule has 0 fully saturated rings. The molecule has 0 aliphatic heterocycles. The Labute approximate surface area is 137 Å². The second kappa shape index (κ2) is 6.35. The molecule has 8 heteroatoms. The van der Waals surface area contributed by atoms with Gasteiger partial charge in [0.15, 0.2) is 0 Å². The lowest BCUT2D eigenvalue weighted by atomic mass is 10.3. The van der Waals surface area contributed by atoms with Gasteiger partial charge in [0.05, 0.1) is 18.1 Å². The first-order valence-electron chi connectivity index (χ1n) is 6.67. The number of rotatable bonds is 5. The fraction of sp³-hybridized carbons (Fsp3) is 0.0667. The molecule has 23 heavy (non-hydrogen) atoms. The molecule has 0 aliphatic carbocycles. The van der Waals surface area contributed by atoms with E-state index in [9.17, 15) is 8.42 Å². The second-order valence-electron chi connectivity index (χ2n) is 4.64. The van der Waals surface area contributed by atoms with Gasteiger partial charge >= 0.3 is 6.01 Å². The number of ether oxygens (including phenoxy) is 1. The maximum atomic E-state index is 12.2. The standard InChI is InChI=1S/C15H13N3O3S2/c1-11-7-8-14(22-11)23(19,20)18-12-9-16-15(17-10-12)21-13-5-3-2-4-6-13/h2-10,18H,1H3. The summed E-state index contributed by atoms with van der Waals surface area (Å²) >= 11 is 1.20. The van der Waals surface area contributed by atoms with Crippen molar-refractivity contribution in [2.45, 2.75) is 11.1 Å². The fourth-order valence-corrected chi connectivity index (χ4v) is 4.09. The number of sulfonamides is 1. The van der Waals surface area contributed by atoms with Crippen molar-refractivity contribution >= 4 is 27.0 Å². The molecule has 1 aromatic carbocycles. The van der Waals surface area contributed by atoms with Crippen LogP contribution in [0, 0.1) is 6.92 Å². The summed E-state index contributed by atoms with van der Waals surface area (Å²) in [5.41, 5.74) is 0.275. The van der Waals surface area contributed by atoms with Gasteiger partial charge in [-0.1, -0.05) is 18.2 Å². The van der Waals surface area contributed by atoms with Crippen molar-refractivity contribution in [1.29, 1.82) is 0 Å². The Morgan fingerprint density at radius 3 is 2.35 bits per heavy atom. The molecule has 3 rings (SSSR count). The summed E-state index contributed by atoms with van der Waals surface area (Å²) in [5, 5.41) is 0. The van der Waals surface area contributed by atoms with Crippen LogP contribution >= 0.6 is 11.3 Å². The minimum absolute atomic E-state index is 0.145. The lowest BCUT2D eigenvalue weighted by molar-refractivity contribution is 0.442. The van der Waals surface area contributed by atoms with E-state index in [4.69, 9.17) is 4.74 Å². The van der Waals surface area contributed by atoms with Crippen molar-refractivity contribution in [3.63, 3.8) is 0 Å². The quantitative estimate of drug-likeness (QED) is 0.764. The number of benzene rings is 1. The fourth-order valence-electron chi connectivity index (χ4n) is 1.78. The van der Waals surface area contributed by atoms with Gasteiger partial charge in [-0.05, 0) is 31.2 Å². The van der Waals surface area contributed by atoms with Crippen LogP contribution in [0.5, 0.6) is 11.8 Å². The van der Waals surface area contributed by atoms with Crippen LogP contribution in [0.4, 0.5) is 5.69 Å². The van der Waals surface area contributed by atoms with Crippen LogP contribution in [-0.2, 0) is 10.0 Å². The zero-order valence-corrected chi connectivity index (χ0v) is 13.8. The highest BCUT2D eigenvalue weighted by molar-refractivity contribution is 7.94. The SMILES string of the molecule is Cc1ccc(S(=O)(=O)Nc2cnc(Oc3ccccc3)nc2)s1. The molecule has 0 aliphatic rings. The third-order valence-electron chi connectivity index (χ3n) is 2.81. The Balaban J connectivity index is 1.72. The molecule has 0 bridgehead atoms. The molecular formula is C15H13N3O3S2. The first-order chi connectivity index (χ1) is 11.0. The van der Waals surface area contributed by atoms with Crippen LogP contribution < -0.4 is 9.46 Å². The van der Waals surface area contributed by atoms with E-state index in [-0.39, 0.29) is 15.9 Å². The molecule has 0 atom stereocenters. The first kappa shape index (κ1) is 15.4. The van der Waals surface area contributed by atoms with E-state index < -0.39 is 10.0 Å². The molecule has 0 saturated carbocycles. The molecule has 0 unspecified atom stereocenters. The van der Waals surface area contributed by atoms with E-state index in [1.54, 1.807) is 24.3 Å². The molecular weight excluding hydrogens is 334 g/mol. The number of anilines is 1. The van der Waals surface area contributed by atoms with Crippen molar-refractivity contribution in [2.24, 2.45) is 0 Å². The minimum atomic E-state index is -3.62. The van der Waals surface area contributed by atoms with Crippen LogP contribution in [0.15, 0.2) is 59.1 Å². The number of nitrogens with zero attached hydrogens (tertiary/aromatic N) is 2. The topological polar surface area (TPSA) is 81.2 Å². The molecule has 0 amide bonds. The summed E-state index contributed by atoms with van der Waals surface area (Å²) in [6.45, 7) is 1.85. The third-order valence-corrected chi connectivity index (χ3v) is 5.69. The zero-order valence-electron chi connectivity index (χ0n) is 12.1. The van der Waals surface area contributed by atoms with Crippen molar-refractivity contribution in [1.82, 2.24) is 9.97 Å². The smallest absolute Gasteiger partial charge is 0.322 e. The molecule has 118 valence electrons. The number of aryl methyl sites for hydroxylation is 1. The van der Waals surface area contributed by atoms with E-state index in [1.165, 1.54) is 23.7 Å². The number of nitrogens with one attached hydrogen (secondary N) is 1. The molecule has 2 heterocycles. The van der Waals surface area contributed by atoms with Gasteiger partial charge in [0.2, 0.25) is 0 Å². The molecule has 6 nitrogen and oxygen atoms in total. The predicted octanol–water partition coefficient (Wildman–Crippen LogP) is 3.44. The van der Waals surface area contributed by atoms with E-state index in [0.29, 0.717) is 5.75 Å². The van der Waals surface area contributed by atoms with Crippen LogP contribution in [-0.4, -0.2) is 18.4 Å². The van der Waals surface area contributed by atoms with Gasteiger partial charge in [0, 0.05) is 4.88 Å². The number of aromatic nitrogens is 2. The highest BCUT2D eigenvalue weighted by Crippen LogP contribution is 2.23. The Kier molecular flexibility index (Phi) is 4.26. The summed E-state index contributed by atoms with van der Waals surface area (Å²) in [6.07, 6.45) is 2.73. The first-order valence-corrected chi connectivity index (χ1v) is 8.97. The van der Waals surface area contributed by atoms with Crippen molar-refractivity contribution < 1.29 is 13.2 Å². The van der Waals surface area contributed by atoms with Gasteiger partial charge in [0.25, 0.3) is 10.0 Å². The van der Waals surface area contributed by atoms with Gasteiger partial charge in [-0.3, -0.25) is 4.72 Å². The molecule has 0 spiro atoms. The summed E-state index contributed by atoms with van der Waals surface area (Å²) in [5.74, 6) is 0.606. The van der Waals surface area contributed by atoms with Crippen LogP contribution in [0.25, 0.3) is 0 Å². The minimum Gasteiger partial charge on any atom is -0.424 e. The normalized spacial score (nSPS) is 11.2. The molecule has 3 aromatic rings. The average molecular weight is 347 g/mol. The summed E-state index contributed by atoms with van der Waals surface area (Å²) < 4.78 is 32.6. The predicted molar refractivity (Wildman–Crippen MR) is 88.4 cm³/mol. The molecule has 0 saturated heterocycles. The number of para-hydroxylation sites is 1. The Morgan fingerprint density at radius 1 is 1.04 bits per heavy atom. The summed E-state index contributed by atoms with van der Waals surface area (Å²) in [6, 6.07) is 12.6.